The van der Waals surface area contributed by atoms with Crippen molar-refractivity contribution in [3.8, 4) is 0 Å². The summed E-state index contributed by atoms with van der Waals surface area (Å²) >= 11 is 0. The summed E-state index contributed by atoms with van der Waals surface area (Å²) in [6.07, 6.45) is 1.79. The van der Waals surface area contributed by atoms with Crippen molar-refractivity contribution in [3.63, 3.8) is 0 Å². The first kappa shape index (κ1) is 18.1. The first-order valence-corrected chi connectivity index (χ1v) is 8.74. The summed E-state index contributed by atoms with van der Waals surface area (Å²) in [7, 11) is 0. The minimum Gasteiger partial charge on any atom is -0.359 e. The lowest BCUT2D eigenvalue weighted by Gasteiger charge is -2.05. The number of nitro groups is 1. The number of carbonyl (C=O) groups is 1. The van der Waals surface area contributed by atoms with Gasteiger partial charge in [-0.3, -0.25) is 14.9 Å². The largest absolute Gasteiger partial charge is 0.359 e. The van der Waals surface area contributed by atoms with E-state index in [9.17, 15) is 14.9 Å². The van der Waals surface area contributed by atoms with Crippen LogP contribution in [-0.2, 0) is 0 Å². The summed E-state index contributed by atoms with van der Waals surface area (Å²) in [6.45, 7) is 0. The van der Waals surface area contributed by atoms with E-state index in [0.717, 1.165) is 16.6 Å². The molecule has 4 aromatic rings. The van der Waals surface area contributed by atoms with Gasteiger partial charge in [-0.2, -0.15) is 5.11 Å². The molecule has 142 valence electrons. The summed E-state index contributed by atoms with van der Waals surface area (Å²) in [5.74, 6) is -0.320. The highest BCUT2D eigenvalue weighted by atomic mass is 16.6. The van der Waals surface area contributed by atoms with Gasteiger partial charge in [-0.05, 0) is 42.5 Å². The predicted octanol–water partition coefficient (Wildman–Crippen LogP) is 5.74. The normalized spacial score (nSPS) is 11.0. The molecule has 0 aliphatic rings. The molecule has 8 heteroatoms. The molecule has 0 saturated heterocycles. The van der Waals surface area contributed by atoms with Crippen LogP contribution in [0, 0.1) is 10.1 Å². The van der Waals surface area contributed by atoms with E-state index in [1.54, 1.807) is 30.5 Å². The quantitative estimate of drug-likeness (QED) is 0.259. The fourth-order valence-corrected chi connectivity index (χ4v) is 2.80. The number of aromatic amines is 1. The number of anilines is 1. The molecule has 0 unspecified atom stereocenters. The molecule has 29 heavy (non-hydrogen) atoms. The van der Waals surface area contributed by atoms with Crippen molar-refractivity contribution in [2.75, 3.05) is 5.32 Å². The van der Waals surface area contributed by atoms with Crippen molar-refractivity contribution in [2.24, 2.45) is 10.2 Å². The maximum Gasteiger partial charge on any atom is 0.269 e. The van der Waals surface area contributed by atoms with Crippen LogP contribution in [-0.4, -0.2) is 15.8 Å². The molecule has 2 N–H and O–H groups in total. The zero-order valence-electron chi connectivity index (χ0n) is 15.1. The van der Waals surface area contributed by atoms with E-state index in [0.29, 0.717) is 16.9 Å². The minimum absolute atomic E-state index is 0.0343. The second-order valence-corrected chi connectivity index (χ2v) is 6.22. The number of para-hydroxylation sites is 1. The number of azo groups is 1. The Morgan fingerprint density at radius 3 is 2.38 bits per heavy atom. The van der Waals surface area contributed by atoms with Gasteiger partial charge in [0.2, 0.25) is 0 Å². The molecule has 0 atom stereocenters. The number of nitro benzene ring substituents is 1. The van der Waals surface area contributed by atoms with Crippen LogP contribution >= 0.6 is 0 Å². The van der Waals surface area contributed by atoms with Gasteiger partial charge in [0.15, 0.2) is 0 Å². The molecular formula is C21H15N5O3. The van der Waals surface area contributed by atoms with E-state index >= 15 is 0 Å². The standard InChI is InChI=1S/C21H15N5O3/c27-21(23-15-9-11-17(12-10-15)26(28)29)14-5-7-16(8-6-14)24-25-20-13-22-19-4-2-1-3-18(19)20/h1-13,22H,(H,23,27). The summed E-state index contributed by atoms with van der Waals surface area (Å²) in [5.41, 5.74) is 3.22. The Labute approximate surface area is 165 Å². The fourth-order valence-electron chi connectivity index (χ4n) is 2.80. The molecule has 1 amide bonds. The first-order chi connectivity index (χ1) is 14.1. The third kappa shape index (κ3) is 4.01. The van der Waals surface area contributed by atoms with Gasteiger partial charge in [0, 0.05) is 40.5 Å². The van der Waals surface area contributed by atoms with Gasteiger partial charge in [0.1, 0.15) is 5.69 Å². The van der Waals surface area contributed by atoms with E-state index in [4.69, 9.17) is 0 Å². The fraction of sp³-hybridized carbons (Fsp3) is 0. The number of rotatable bonds is 5. The number of H-pyrrole nitrogens is 1. The van der Waals surface area contributed by atoms with E-state index in [-0.39, 0.29) is 11.6 Å². The Morgan fingerprint density at radius 2 is 1.66 bits per heavy atom. The van der Waals surface area contributed by atoms with E-state index < -0.39 is 4.92 Å². The molecule has 8 nitrogen and oxygen atoms in total. The lowest BCUT2D eigenvalue weighted by molar-refractivity contribution is -0.384. The molecule has 0 radical (unpaired) electrons. The van der Waals surface area contributed by atoms with Crippen molar-refractivity contribution in [1.82, 2.24) is 4.98 Å². The first-order valence-electron chi connectivity index (χ1n) is 8.74. The number of nitrogens with zero attached hydrogens (tertiary/aromatic N) is 3. The van der Waals surface area contributed by atoms with Gasteiger partial charge in [0.05, 0.1) is 10.6 Å². The highest BCUT2D eigenvalue weighted by Gasteiger charge is 2.08. The molecule has 0 spiro atoms. The smallest absolute Gasteiger partial charge is 0.269 e. The summed E-state index contributed by atoms with van der Waals surface area (Å²) < 4.78 is 0. The van der Waals surface area contributed by atoms with Crippen molar-refractivity contribution in [2.45, 2.75) is 0 Å². The highest BCUT2D eigenvalue weighted by molar-refractivity contribution is 6.04. The minimum atomic E-state index is -0.491. The number of amides is 1. The second kappa shape index (κ2) is 7.73. The number of hydrogen-bond acceptors (Lipinski definition) is 5. The van der Waals surface area contributed by atoms with Gasteiger partial charge < -0.3 is 10.3 Å². The number of benzene rings is 3. The molecule has 0 aliphatic carbocycles. The number of non-ortho nitro benzene ring substituents is 1. The second-order valence-electron chi connectivity index (χ2n) is 6.22. The van der Waals surface area contributed by atoms with Crippen molar-refractivity contribution in [1.29, 1.82) is 0 Å². The summed E-state index contributed by atoms with van der Waals surface area (Å²) in [6, 6.07) is 20.1. The number of hydrogen-bond donors (Lipinski definition) is 2. The van der Waals surface area contributed by atoms with E-state index in [2.05, 4.69) is 20.5 Å². The Morgan fingerprint density at radius 1 is 0.931 bits per heavy atom. The maximum absolute atomic E-state index is 12.3. The third-order valence-corrected chi connectivity index (χ3v) is 4.31. The van der Waals surface area contributed by atoms with Crippen molar-refractivity contribution in [3.05, 3.63) is 94.7 Å². The SMILES string of the molecule is O=C(Nc1ccc([N+](=O)[O-])cc1)c1ccc(N=Nc2c[nH]c3ccccc23)cc1. The molecule has 1 aromatic heterocycles. The lowest BCUT2D eigenvalue weighted by Crippen LogP contribution is -2.11. The van der Waals surface area contributed by atoms with Crippen LogP contribution in [0.5, 0.6) is 0 Å². The molecule has 0 bridgehead atoms. The maximum atomic E-state index is 12.3. The van der Waals surface area contributed by atoms with Gasteiger partial charge in [-0.1, -0.05) is 18.2 Å². The molecule has 1 heterocycles. The number of carbonyl (C=O) groups excluding carboxylic acids is 1. The van der Waals surface area contributed by atoms with Gasteiger partial charge in [0.25, 0.3) is 11.6 Å². The van der Waals surface area contributed by atoms with Crippen molar-refractivity contribution >= 4 is 39.6 Å². The molecule has 4 rings (SSSR count). The van der Waals surface area contributed by atoms with Crippen LogP contribution < -0.4 is 5.32 Å². The van der Waals surface area contributed by atoms with E-state index in [1.165, 1.54) is 24.3 Å². The van der Waals surface area contributed by atoms with Gasteiger partial charge in [-0.25, -0.2) is 0 Å². The highest BCUT2D eigenvalue weighted by Crippen LogP contribution is 2.27. The molecule has 0 fully saturated rings. The zero-order chi connectivity index (χ0) is 20.2. The summed E-state index contributed by atoms with van der Waals surface area (Å²) in [4.78, 5) is 25.7. The van der Waals surface area contributed by atoms with E-state index in [1.807, 2.05) is 24.3 Å². The molecule has 0 saturated carbocycles. The van der Waals surface area contributed by atoms with Crippen LogP contribution in [0.3, 0.4) is 0 Å². The lowest BCUT2D eigenvalue weighted by atomic mass is 10.2. The van der Waals surface area contributed by atoms with Crippen LogP contribution in [0.1, 0.15) is 10.4 Å². The average Bonchev–Trinajstić information content (AvgIpc) is 3.16. The Balaban J connectivity index is 1.44. The number of aromatic nitrogens is 1. The average molecular weight is 385 g/mol. The third-order valence-electron chi connectivity index (χ3n) is 4.31. The Bertz CT molecular complexity index is 1210. The molecule has 0 aliphatic heterocycles. The van der Waals surface area contributed by atoms with Crippen LogP contribution in [0.15, 0.2) is 89.2 Å². The molecule has 3 aromatic carbocycles. The Hall–Kier alpha value is -4.33. The monoisotopic (exact) mass is 385 g/mol. The number of fused-ring (bicyclic) bond motifs is 1. The number of nitrogens with one attached hydrogen (secondary N) is 2. The van der Waals surface area contributed by atoms with Gasteiger partial charge in [-0.15, -0.1) is 5.11 Å². The van der Waals surface area contributed by atoms with Crippen molar-refractivity contribution < 1.29 is 9.72 Å². The zero-order valence-corrected chi connectivity index (χ0v) is 15.1. The van der Waals surface area contributed by atoms with Crippen LogP contribution in [0.4, 0.5) is 22.7 Å². The molecular weight excluding hydrogens is 370 g/mol. The summed E-state index contributed by atoms with van der Waals surface area (Å²) in [5, 5.41) is 22.8. The van der Waals surface area contributed by atoms with Gasteiger partial charge >= 0.3 is 0 Å². The Kier molecular flexibility index (Phi) is 4.81. The van der Waals surface area contributed by atoms with Crippen LogP contribution in [0.2, 0.25) is 0 Å². The predicted molar refractivity (Wildman–Crippen MR) is 110 cm³/mol. The topological polar surface area (TPSA) is 113 Å². The van der Waals surface area contributed by atoms with Crippen LogP contribution in [0.25, 0.3) is 10.9 Å².